The van der Waals surface area contributed by atoms with Gasteiger partial charge in [-0.25, -0.2) is 0 Å². The summed E-state index contributed by atoms with van der Waals surface area (Å²) in [6, 6.07) is 7.68. The number of pyridine rings is 1. The fraction of sp³-hybridized carbons (Fsp3) is 0.357. The van der Waals surface area contributed by atoms with E-state index >= 15 is 0 Å². The standard InChI is InChI=1S/C14H18N2O3/c17-7-9-19-8-3-5-15-14(18)12-10-13-4-1-2-6-16(13)11-12/h1-2,4,6,10-11,17H,3,5,7-9H2,(H,15,18). The molecule has 5 nitrogen and oxygen atoms in total. The number of carbonyl (C=O) groups excluding carboxylic acids is 1. The molecule has 0 atom stereocenters. The van der Waals surface area contributed by atoms with Crippen molar-refractivity contribution in [2.24, 2.45) is 0 Å². The van der Waals surface area contributed by atoms with Crippen molar-refractivity contribution in [2.45, 2.75) is 6.42 Å². The van der Waals surface area contributed by atoms with Gasteiger partial charge in [0.2, 0.25) is 0 Å². The molecule has 0 unspecified atom stereocenters. The summed E-state index contributed by atoms with van der Waals surface area (Å²) in [6.07, 6.45) is 4.46. The second kappa shape index (κ2) is 6.92. The minimum Gasteiger partial charge on any atom is -0.394 e. The maximum absolute atomic E-state index is 11.9. The smallest absolute Gasteiger partial charge is 0.252 e. The van der Waals surface area contributed by atoms with Crippen molar-refractivity contribution >= 4 is 11.4 Å². The van der Waals surface area contributed by atoms with Crippen LogP contribution in [0.2, 0.25) is 0 Å². The summed E-state index contributed by atoms with van der Waals surface area (Å²) >= 11 is 0. The van der Waals surface area contributed by atoms with Gasteiger partial charge in [-0.3, -0.25) is 4.79 Å². The lowest BCUT2D eigenvalue weighted by Crippen LogP contribution is -2.25. The average Bonchev–Trinajstić information content (AvgIpc) is 2.86. The van der Waals surface area contributed by atoms with Gasteiger partial charge in [-0.2, -0.15) is 0 Å². The average molecular weight is 262 g/mol. The maximum atomic E-state index is 11.9. The highest BCUT2D eigenvalue weighted by Gasteiger charge is 2.07. The van der Waals surface area contributed by atoms with Crippen LogP contribution in [0.1, 0.15) is 16.8 Å². The van der Waals surface area contributed by atoms with Crippen LogP contribution in [-0.2, 0) is 4.74 Å². The molecule has 0 bridgehead atoms. The molecule has 2 rings (SSSR count). The van der Waals surface area contributed by atoms with E-state index in [0.717, 1.165) is 11.9 Å². The molecule has 2 aromatic rings. The lowest BCUT2D eigenvalue weighted by Gasteiger charge is -2.04. The molecular weight excluding hydrogens is 244 g/mol. The van der Waals surface area contributed by atoms with E-state index in [2.05, 4.69) is 5.32 Å². The summed E-state index contributed by atoms with van der Waals surface area (Å²) in [7, 11) is 0. The molecule has 0 aliphatic rings. The van der Waals surface area contributed by atoms with E-state index < -0.39 is 0 Å². The molecule has 0 aliphatic heterocycles. The zero-order valence-electron chi connectivity index (χ0n) is 10.7. The van der Waals surface area contributed by atoms with E-state index in [9.17, 15) is 4.79 Å². The molecule has 2 N–H and O–H groups in total. The Morgan fingerprint density at radius 2 is 2.26 bits per heavy atom. The molecule has 2 aromatic heterocycles. The molecule has 0 radical (unpaired) electrons. The van der Waals surface area contributed by atoms with Crippen LogP contribution in [0.25, 0.3) is 5.52 Å². The number of aromatic nitrogens is 1. The molecule has 2 heterocycles. The molecular formula is C14H18N2O3. The SMILES string of the molecule is O=C(NCCCOCCO)c1cc2ccccn2c1. The van der Waals surface area contributed by atoms with Crippen LogP contribution >= 0.6 is 0 Å². The summed E-state index contributed by atoms with van der Waals surface area (Å²) < 4.78 is 7.03. The Labute approximate surface area is 111 Å². The summed E-state index contributed by atoms with van der Waals surface area (Å²) in [6.45, 7) is 1.48. The molecule has 0 aromatic carbocycles. The van der Waals surface area contributed by atoms with Crippen molar-refractivity contribution in [3.63, 3.8) is 0 Å². The minimum atomic E-state index is -0.0779. The fourth-order valence-corrected chi connectivity index (χ4v) is 1.82. The maximum Gasteiger partial charge on any atom is 0.252 e. The number of amides is 1. The molecule has 0 saturated carbocycles. The Balaban J connectivity index is 1.79. The number of carbonyl (C=O) groups is 1. The fourth-order valence-electron chi connectivity index (χ4n) is 1.82. The summed E-state index contributed by atoms with van der Waals surface area (Å²) in [5.74, 6) is -0.0779. The number of fused-ring (bicyclic) bond motifs is 1. The first-order valence-electron chi connectivity index (χ1n) is 6.35. The highest BCUT2D eigenvalue weighted by atomic mass is 16.5. The highest BCUT2D eigenvalue weighted by Crippen LogP contribution is 2.09. The van der Waals surface area contributed by atoms with E-state index in [-0.39, 0.29) is 12.5 Å². The highest BCUT2D eigenvalue weighted by molar-refractivity contribution is 5.95. The number of ether oxygens (including phenoxy) is 1. The summed E-state index contributed by atoms with van der Waals surface area (Å²) in [5, 5.41) is 11.4. The predicted octanol–water partition coefficient (Wildman–Crippen LogP) is 1.07. The van der Waals surface area contributed by atoms with Gasteiger partial charge in [0.15, 0.2) is 0 Å². The molecule has 5 heteroatoms. The van der Waals surface area contributed by atoms with Gasteiger partial charge in [-0.05, 0) is 24.6 Å². The first-order chi connectivity index (χ1) is 9.31. The Bertz CT molecular complexity index is 503. The van der Waals surface area contributed by atoms with Gasteiger partial charge in [-0.1, -0.05) is 6.07 Å². The molecule has 19 heavy (non-hydrogen) atoms. The van der Waals surface area contributed by atoms with Crippen LogP contribution in [0.4, 0.5) is 0 Å². The number of aliphatic hydroxyl groups excluding tert-OH is 1. The van der Waals surface area contributed by atoms with Crippen molar-refractivity contribution in [1.82, 2.24) is 9.72 Å². The molecule has 0 saturated heterocycles. The number of nitrogens with one attached hydrogen (secondary N) is 1. The first kappa shape index (κ1) is 13.6. The van der Waals surface area contributed by atoms with Crippen LogP contribution in [0.3, 0.4) is 0 Å². The summed E-state index contributed by atoms with van der Waals surface area (Å²) in [4.78, 5) is 11.9. The van der Waals surface area contributed by atoms with E-state index in [1.54, 1.807) is 0 Å². The van der Waals surface area contributed by atoms with Crippen LogP contribution in [0.15, 0.2) is 36.7 Å². The monoisotopic (exact) mass is 262 g/mol. The number of nitrogens with zero attached hydrogens (tertiary/aromatic N) is 1. The third-order valence-electron chi connectivity index (χ3n) is 2.75. The molecule has 102 valence electrons. The van der Waals surface area contributed by atoms with Crippen molar-refractivity contribution in [1.29, 1.82) is 0 Å². The molecule has 0 spiro atoms. The third-order valence-corrected chi connectivity index (χ3v) is 2.75. The van der Waals surface area contributed by atoms with E-state index in [1.165, 1.54) is 0 Å². The number of hydrogen-bond donors (Lipinski definition) is 2. The second-order valence-corrected chi connectivity index (χ2v) is 4.21. The first-order valence-corrected chi connectivity index (χ1v) is 6.35. The van der Waals surface area contributed by atoms with Gasteiger partial charge in [-0.15, -0.1) is 0 Å². The van der Waals surface area contributed by atoms with Crippen molar-refractivity contribution in [3.8, 4) is 0 Å². The van der Waals surface area contributed by atoms with Gasteiger partial charge in [0.25, 0.3) is 5.91 Å². The number of aliphatic hydroxyl groups is 1. The number of hydrogen-bond acceptors (Lipinski definition) is 3. The Morgan fingerprint density at radius 3 is 3.05 bits per heavy atom. The van der Waals surface area contributed by atoms with Gasteiger partial charge >= 0.3 is 0 Å². The van der Waals surface area contributed by atoms with Gasteiger partial charge in [0.05, 0.1) is 18.8 Å². The quantitative estimate of drug-likeness (QED) is 0.734. The van der Waals surface area contributed by atoms with Crippen LogP contribution in [0.5, 0.6) is 0 Å². The van der Waals surface area contributed by atoms with E-state index in [0.29, 0.717) is 25.3 Å². The second-order valence-electron chi connectivity index (χ2n) is 4.21. The van der Waals surface area contributed by atoms with Gasteiger partial charge < -0.3 is 19.6 Å². The van der Waals surface area contributed by atoms with Crippen molar-refractivity contribution < 1.29 is 14.6 Å². The normalized spacial score (nSPS) is 10.8. The van der Waals surface area contributed by atoms with Gasteiger partial charge in [0, 0.05) is 31.1 Å². The number of rotatable bonds is 7. The molecule has 1 amide bonds. The zero-order chi connectivity index (χ0) is 13.5. The predicted molar refractivity (Wildman–Crippen MR) is 72.3 cm³/mol. The lowest BCUT2D eigenvalue weighted by molar-refractivity contribution is 0.0867. The van der Waals surface area contributed by atoms with Crippen LogP contribution in [0, 0.1) is 0 Å². The van der Waals surface area contributed by atoms with Crippen molar-refractivity contribution in [2.75, 3.05) is 26.4 Å². The largest absolute Gasteiger partial charge is 0.394 e. The van der Waals surface area contributed by atoms with Gasteiger partial charge in [0.1, 0.15) is 0 Å². The lowest BCUT2D eigenvalue weighted by atomic mass is 10.3. The van der Waals surface area contributed by atoms with Crippen LogP contribution in [-0.4, -0.2) is 41.8 Å². The third kappa shape index (κ3) is 3.81. The van der Waals surface area contributed by atoms with Crippen LogP contribution < -0.4 is 5.32 Å². The zero-order valence-corrected chi connectivity index (χ0v) is 10.7. The van der Waals surface area contributed by atoms with E-state index in [4.69, 9.17) is 9.84 Å². The minimum absolute atomic E-state index is 0.0314. The Kier molecular flexibility index (Phi) is 4.94. The molecule has 0 aliphatic carbocycles. The molecule has 0 fully saturated rings. The summed E-state index contributed by atoms with van der Waals surface area (Å²) in [5.41, 5.74) is 1.65. The Morgan fingerprint density at radius 1 is 1.37 bits per heavy atom. The topological polar surface area (TPSA) is 63.0 Å². The van der Waals surface area contributed by atoms with Crippen molar-refractivity contribution in [3.05, 3.63) is 42.2 Å². The Hall–Kier alpha value is -1.85. The van der Waals surface area contributed by atoms with E-state index in [1.807, 2.05) is 41.1 Å².